The molecule has 35 heavy (non-hydrogen) atoms. The van der Waals surface area contributed by atoms with Crippen LogP contribution in [0.1, 0.15) is 11.3 Å². The number of carbonyl (C=O) groups is 1. The number of fused-ring (bicyclic) bond motifs is 1. The van der Waals surface area contributed by atoms with E-state index in [0.717, 1.165) is 9.87 Å². The average molecular weight is 489 g/mol. The van der Waals surface area contributed by atoms with E-state index < -0.39 is 22.5 Å². The van der Waals surface area contributed by atoms with E-state index in [0.29, 0.717) is 22.3 Å². The minimum Gasteiger partial charge on any atom is -0.460 e. The van der Waals surface area contributed by atoms with Gasteiger partial charge in [0.05, 0.1) is 27.5 Å². The number of nitrogens with zero attached hydrogens (tertiary/aromatic N) is 2. The van der Waals surface area contributed by atoms with Crippen molar-refractivity contribution < 1.29 is 22.4 Å². The summed E-state index contributed by atoms with van der Waals surface area (Å²) in [6, 6.07) is 20.8. The molecule has 4 aromatic rings. The number of nitriles is 1. The summed E-state index contributed by atoms with van der Waals surface area (Å²) in [6.45, 7) is 1.14. The van der Waals surface area contributed by atoms with Gasteiger partial charge in [-0.3, -0.25) is 9.59 Å². The Morgan fingerprint density at radius 1 is 1.06 bits per heavy atom. The number of esters is 1. The predicted octanol–water partition coefficient (Wildman–Crippen LogP) is 3.87. The lowest BCUT2D eigenvalue weighted by Gasteiger charge is -2.16. The summed E-state index contributed by atoms with van der Waals surface area (Å²) in [4.78, 5) is 25.4. The van der Waals surface area contributed by atoms with Crippen LogP contribution in [0.4, 0.5) is 0 Å². The Balaban J connectivity index is 1.54. The Hall–Kier alpha value is -4.26. The van der Waals surface area contributed by atoms with Gasteiger partial charge >= 0.3 is 5.97 Å². The third kappa shape index (κ3) is 4.84. The fourth-order valence-corrected chi connectivity index (χ4v) is 4.72. The molecule has 0 N–H and O–H groups in total. The number of ether oxygens (including phenoxy) is 1. The molecule has 9 heteroatoms. The smallest absolute Gasteiger partial charge is 0.326 e. The average Bonchev–Trinajstić information content (AvgIpc) is 2.84. The van der Waals surface area contributed by atoms with Crippen molar-refractivity contribution in [3.63, 3.8) is 0 Å². The van der Waals surface area contributed by atoms with Crippen molar-refractivity contribution in [3.8, 4) is 22.9 Å². The molecule has 0 fully saturated rings. The van der Waals surface area contributed by atoms with Crippen molar-refractivity contribution in [2.45, 2.75) is 11.8 Å². The van der Waals surface area contributed by atoms with Crippen LogP contribution in [0.25, 0.3) is 22.1 Å². The quantitative estimate of drug-likeness (QED) is 0.299. The summed E-state index contributed by atoms with van der Waals surface area (Å²) in [5.74, 6) is -0.281. The number of sulfonamides is 1. The Morgan fingerprint density at radius 3 is 2.40 bits per heavy atom. The van der Waals surface area contributed by atoms with Gasteiger partial charge in [0.1, 0.15) is 23.6 Å². The number of likely N-dealkylation sites (N-methyl/N-ethyl adjacent to an activating group) is 1. The summed E-state index contributed by atoms with van der Waals surface area (Å²) >= 11 is 0. The van der Waals surface area contributed by atoms with E-state index in [1.54, 1.807) is 6.92 Å². The molecule has 1 aromatic heterocycles. The van der Waals surface area contributed by atoms with Crippen LogP contribution in [0.3, 0.4) is 0 Å². The molecule has 4 rings (SSSR count). The highest BCUT2D eigenvalue weighted by molar-refractivity contribution is 7.89. The van der Waals surface area contributed by atoms with E-state index in [4.69, 9.17) is 14.4 Å². The van der Waals surface area contributed by atoms with E-state index in [9.17, 15) is 18.0 Å². The summed E-state index contributed by atoms with van der Waals surface area (Å²) in [6.07, 6.45) is 0. The zero-order chi connectivity index (χ0) is 25.2. The summed E-state index contributed by atoms with van der Waals surface area (Å²) in [5.41, 5.74) is 1.55. The summed E-state index contributed by atoms with van der Waals surface area (Å²) < 4.78 is 37.4. The van der Waals surface area contributed by atoms with Crippen LogP contribution in [-0.4, -0.2) is 32.3 Å². The molecule has 0 spiro atoms. The van der Waals surface area contributed by atoms with Crippen molar-refractivity contribution in [2.24, 2.45) is 0 Å². The standard InChI is InChI=1S/C26H20N2O6S/c1-17-25(19-6-4-3-5-7-19)26(30)22-13-10-20(14-23(22)33-17)34-24(29)16-28(2)35(31,32)21-11-8-18(15-27)9-12-21/h3-14H,16H2,1-2H3. The molecule has 0 saturated heterocycles. The molecule has 0 unspecified atom stereocenters. The largest absolute Gasteiger partial charge is 0.460 e. The number of hydrogen-bond donors (Lipinski definition) is 0. The van der Waals surface area contributed by atoms with Crippen LogP contribution in [0.15, 0.2) is 86.9 Å². The Morgan fingerprint density at radius 2 is 1.74 bits per heavy atom. The molecule has 0 amide bonds. The van der Waals surface area contributed by atoms with Crippen LogP contribution < -0.4 is 10.2 Å². The number of benzene rings is 3. The van der Waals surface area contributed by atoms with Crippen LogP contribution >= 0.6 is 0 Å². The minimum absolute atomic E-state index is 0.0519. The van der Waals surface area contributed by atoms with Gasteiger partial charge < -0.3 is 9.15 Å². The molecule has 0 aliphatic carbocycles. The predicted molar refractivity (Wildman–Crippen MR) is 129 cm³/mol. The first-order valence-electron chi connectivity index (χ1n) is 10.5. The molecule has 0 radical (unpaired) electrons. The minimum atomic E-state index is -3.97. The third-order valence-corrected chi connectivity index (χ3v) is 7.20. The number of aryl methyl sites for hydroxylation is 1. The van der Waals surface area contributed by atoms with Crippen molar-refractivity contribution >= 4 is 27.0 Å². The number of carbonyl (C=O) groups excluding carboxylic acids is 1. The van der Waals surface area contributed by atoms with Crippen molar-refractivity contribution in [3.05, 3.63) is 94.3 Å². The maximum atomic E-state index is 13.1. The van der Waals surface area contributed by atoms with E-state index in [1.165, 1.54) is 49.5 Å². The third-order valence-electron chi connectivity index (χ3n) is 5.38. The van der Waals surface area contributed by atoms with Gasteiger partial charge in [0.15, 0.2) is 0 Å². The maximum absolute atomic E-state index is 13.1. The monoisotopic (exact) mass is 488 g/mol. The molecule has 8 nitrogen and oxygen atoms in total. The normalized spacial score (nSPS) is 11.4. The lowest BCUT2D eigenvalue weighted by atomic mass is 10.0. The zero-order valence-electron chi connectivity index (χ0n) is 18.9. The van der Waals surface area contributed by atoms with Gasteiger partial charge in [-0.1, -0.05) is 30.3 Å². The van der Waals surface area contributed by atoms with Gasteiger partial charge in [-0.25, -0.2) is 8.42 Å². The molecule has 0 saturated carbocycles. The molecular weight excluding hydrogens is 468 g/mol. The van der Waals surface area contributed by atoms with Crippen LogP contribution in [0, 0.1) is 18.3 Å². The van der Waals surface area contributed by atoms with Gasteiger partial charge in [-0.05, 0) is 48.9 Å². The summed E-state index contributed by atoms with van der Waals surface area (Å²) in [5, 5.41) is 9.20. The first-order valence-corrected chi connectivity index (χ1v) is 11.9. The van der Waals surface area contributed by atoms with Gasteiger partial charge in [-0.15, -0.1) is 0 Å². The second kappa shape index (κ2) is 9.54. The van der Waals surface area contributed by atoms with Crippen molar-refractivity contribution in [1.29, 1.82) is 5.26 Å². The Bertz CT molecular complexity index is 1620. The number of rotatable bonds is 6. The fraction of sp³-hybridized carbons (Fsp3) is 0.115. The first-order chi connectivity index (χ1) is 16.7. The second-order valence-corrected chi connectivity index (χ2v) is 9.80. The van der Waals surface area contributed by atoms with Crippen LogP contribution in [0.2, 0.25) is 0 Å². The zero-order valence-corrected chi connectivity index (χ0v) is 19.7. The lowest BCUT2D eigenvalue weighted by molar-refractivity contribution is -0.134. The fourth-order valence-electron chi connectivity index (χ4n) is 3.60. The van der Waals surface area contributed by atoms with Crippen molar-refractivity contribution in [1.82, 2.24) is 4.31 Å². The molecule has 3 aromatic carbocycles. The Labute approximate surface area is 201 Å². The van der Waals surface area contributed by atoms with Gasteiger partial charge in [0.25, 0.3) is 0 Å². The lowest BCUT2D eigenvalue weighted by Crippen LogP contribution is -2.34. The van der Waals surface area contributed by atoms with Gasteiger partial charge in [0.2, 0.25) is 15.5 Å². The highest BCUT2D eigenvalue weighted by Gasteiger charge is 2.24. The van der Waals surface area contributed by atoms with E-state index >= 15 is 0 Å². The van der Waals surface area contributed by atoms with Gasteiger partial charge in [-0.2, -0.15) is 9.57 Å². The molecule has 1 heterocycles. The van der Waals surface area contributed by atoms with Gasteiger partial charge in [0, 0.05) is 13.1 Å². The highest BCUT2D eigenvalue weighted by Crippen LogP contribution is 2.26. The first kappa shape index (κ1) is 23.9. The van der Waals surface area contributed by atoms with Crippen LogP contribution in [-0.2, 0) is 14.8 Å². The number of hydrogen-bond acceptors (Lipinski definition) is 7. The molecule has 0 atom stereocenters. The maximum Gasteiger partial charge on any atom is 0.326 e. The Kier molecular flexibility index (Phi) is 6.51. The second-order valence-electron chi connectivity index (χ2n) is 7.76. The topological polar surface area (TPSA) is 118 Å². The molecule has 0 aliphatic heterocycles. The molecule has 0 bridgehead atoms. The molecule has 0 aliphatic rings. The molecule has 176 valence electrons. The van der Waals surface area contributed by atoms with Crippen molar-refractivity contribution in [2.75, 3.05) is 13.6 Å². The van der Waals surface area contributed by atoms with E-state index in [2.05, 4.69) is 0 Å². The highest BCUT2D eigenvalue weighted by atomic mass is 32.2. The SMILES string of the molecule is Cc1oc2cc(OC(=O)CN(C)S(=O)(=O)c3ccc(C#N)cc3)ccc2c(=O)c1-c1ccccc1. The van der Waals surface area contributed by atoms with E-state index in [1.807, 2.05) is 36.4 Å². The summed E-state index contributed by atoms with van der Waals surface area (Å²) in [7, 11) is -2.71. The van der Waals surface area contributed by atoms with E-state index in [-0.39, 0.29) is 21.7 Å². The molecular formula is C26H20N2O6S. The van der Waals surface area contributed by atoms with Crippen LogP contribution in [0.5, 0.6) is 5.75 Å².